The maximum Gasteiger partial charge on any atom is 0.272 e. The van der Waals surface area contributed by atoms with Crippen molar-refractivity contribution in [1.82, 2.24) is 10.4 Å². The molecule has 2 rings (SSSR count). The molecule has 1 heterocycles. The first kappa shape index (κ1) is 14.4. The SMILES string of the molecule is CC/C(=N/NC(=O)c1cccnc1)c1ccc(Br)cc1. The minimum Gasteiger partial charge on any atom is -0.267 e. The van der Waals surface area contributed by atoms with Crippen LogP contribution >= 0.6 is 15.9 Å². The Bertz CT molecular complexity index is 609. The van der Waals surface area contributed by atoms with Crippen LogP contribution in [0, 0.1) is 0 Å². The van der Waals surface area contributed by atoms with Crippen LogP contribution in [0.4, 0.5) is 0 Å². The summed E-state index contributed by atoms with van der Waals surface area (Å²) in [5, 5.41) is 4.19. The van der Waals surface area contributed by atoms with Crippen LogP contribution in [-0.2, 0) is 0 Å². The first-order valence-electron chi connectivity index (χ1n) is 6.23. The number of rotatable bonds is 4. The number of amides is 1. The maximum atomic E-state index is 11.9. The summed E-state index contributed by atoms with van der Waals surface area (Å²) in [5.41, 5.74) is 4.87. The normalized spacial score (nSPS) is 11.2. The van der Waals surface area contributed by atoms with E-state index in [0.717, 1.165) is 22.2 Å². The zero-order valence-electron chi connectivity index (χ0n) is 11.0. The Balaban J connectivity index is 2.12. The third kappa shape index (κ3) is 3.74. The van der Waals surface area contributed by atoms with Crippen molar-refractivity contribution in [3.05, 3.63) is 64.4 Å². The van der Waals surface area contributed by atoms with E-state index in [2.05, 4.69) is 31.4 Å². The monoisotopic (exact) mass is 331 g/mol. The molecule has 0 spiro atoms. The van der Waals surface area contributed by atoms with Crippen LogP contribution < -0.4 is 5.43 Å². The summed E-state index contributed by atoms with van der Waals surface area (Å²) in [4.78, 5) is 15.8. The number of hydrazone groups is 1. The van der Waals surface area contributed by atoms with Crippen LogP contribution in [0.5, 0.6) is 0 Å². The maximum absolute atomic E-state index is 11.9. The smallest absolute Gasteiger partial charge is 0.267 e. The van der Waals surface area contributed by atoms with Gasteiger partial charge in [-0.25, -0.2) is 5.43 Å². The molecule has 0 saturated heterocycles. The summed E-state index contributed by atoms with van der Waals surface area (Å²) >= 11 is 3.39. The third-order valence-electron chi connectivity index (χ3n) is 2.73. The number of nitrogens with zero attached hydrogens (tertiary/aromatic N) is 2. The van der Waals surface area contributed by atoms with Gasteiger partial charge in [0, 0.05) is 16.9 Å². The van der Waals surface area contributed by atoms with Gasteiger partial charge in [-0.15, -0.1) is 0 Å². The largest absolute Gasteiger partial charge is 0.272 e. The predicted molar refractivity (Wildman–Crippen MR) is 82.7 cm³/mol. The molecule has 1 amide bonds. The van der Waals surface area contributed by atoms with E-state index in [9.17, 15) is 4.79 Å². The van der Waals surface area contributed by atoms with Crippen molar-refractivity contribution in [2.24, 2.45) is 5.10 Å². The summed E-state index contributed by atoms with van der Waals surface area (Å²) in [6.45, 7) is 2.00. The van der Waals surface area contributed by atoms with E-state index in [1.54, 1.807) is 18.3 Å². The van der Waals surface area contributed by atoms with Crippen molar-refractivity contribution in [2.75, 3.05) is 0 Å². The first-order chi connectivity index (χ1) is 9.70. The Labute approximate surface area is 126 Å². The molecule has 5 heteroatoms. The van der Waals surface area contributed by atoms with Gasteiger partial charge in [-0.05, 0) is 36.2 Å². The highest BCUT2D eigenvalue weighted by Crippen LogP contribution is 2.12. The van der Waals surface area contributed by atoms with Gasteiger partial charge < -0.3 is 0 Å². The molecule has 1 N–H and O–H groups in total. The molecular formula is C15H14BrN3O. The van der Waals surface area contributed by atoms with Gasteiger partial charge in [0.15, 0.2) is 0 Å². The van der Waals surface area contributed by atoms with Crippen LogP contribution in [0.15, 0.2) is 58.4 Å². The lowest BCUT2D eigenvalue weighted by Crippen LogP contribution is -2.20. The minimum atomic E-state index is -0.263. The van der Waals surface area contributed by atoms with Crippen molar-refractivity contribution in [1.29, 1.82) is 0 Å². The van der Waals surface area contributed by atoms with Crippen LogP contribution in [-0.4, -0.2) is 16.6 Å². The molecule has 4 nitrogen and oxygen atoms in total. The molecule has 0 radical (unpaired) electrons. The molecule has 1 aromatic carbocycles. The topological polar surface area (TPSA) is 54.4 Å². The molecule has 0 aliphatic rings. The van der Waals surface area contributed by atoms with Crippen molar-refractivity contribution < 1.29 is 4.79 Å². The van der Waals surface area contributed by atoms with Gasteiger partial charge in [0.1, 0.15) is 0 Å². The Hall–Kier alpha value is -2.01. The number of nitrogens with one attached hydrogen (secondary N) is 1. The highest BCUT2D eigenvalue weighted by atomic mass is 79.9. The molecule has 20 heavy (non-hydrogen) atoms. The summed E-state index contributed by atoms with van der Waals surface area (Å²) in [6.07, 6.45) is 3.87. The van der Waals surface area contributed by atoms with E-state index in [1.807, 2.05) is 31.2 Å². The molecule has 0 atom stereocenters. The van der Waals surface area contributed by atoms with Crippen LogP contribution in [0.3, 0.4) is 0 Å². The number of carbonyl (C=O) groups excluding carboxylic acids is 1. The first-order valence-corrected chi connectivity index (χ1v) is 7.03. The van der Waals surface area contributed by atoms with Crippen LogP contribution in [0.2, 0.25) is 0 Å². The summed E-state index contributed by atoms with van der Waals surface area (Å²) in [7, 11) is 0. The quantitative estimate of drug-likeness (QED) is 0.689. The van der Waals surface area contributed by atoms with Gasteiger partial charge in [0.25, 0.3) is 5.91 Å². The fraction of sp³-hybridized carbons (Fsp3) is 0.133. The number of benzene rings is 1. The molecule has 0 saturated carbocycles. The van der Waals surface area contributed by atoms with Gasteiger partial charge in [0.05, 0.1) is 11.3 Å². The minimum absolute atomic E-state index is 0.263. The second-order valence-electron chi connectivity index (χ2n) is 4.10. The lowest BCUT2D eigenvalue weighted by atomic mass is 10.1. The number of aromatic nitrogens is 1. The average Bonchev–Trinajstić information content (AvgIpc) is 2.50. The summed E-state index contributed by atoms with van der Waals surface area (Å²) in [5.74, 6) is -0.263. The molecule has 0 fully saturated rings. The van der Waals surface area contributed by atoms with Crippen molar-refractivity contribution >= 4 is 27.5 Å². The Morgan fingerprint density at radius 2 is 2.00 bits per heavy atom. The summed E-state index contributed by atoms with van der Waals surface area (Å²) < 4.78 is 1.01. The molecule has 0 unspecified atom stereocenters. The Kier molecular flexibility index (Phi) is 5.01. The van der Waals surface area contributed by atoms with Gasteiger partial charge >= 0.3 is 0 Å². The number of hydrogen-bond donors (Lipinski definition) is 1. The molecule has 0 aliphatic heterocycles. The molecule has 2 aromatic rings. The standard InChI is InChI=1S/C15H14BrN3O/c1-2-14(11-5-7-13(16)8-6-11)18-19-15(20)12-4-3-9-17-10-12/h3-10H,2H2,1H3,(H,19,20)/b18-14-. The van der Waals surface area contributed by atoms with Crippen LogP contribution in [0.1, 0.15) is 29.3 Å². The van der Waals surface area contributed by atoms with Crippen LogP contribution in [0.25, 0.3) is 0 Å². The Morgan fingerprint density at radius 1 is 1.25 bits per heavy atom. The Morgan fingerprint density at radius 3 is 2.60 bits per heavy atom. The zero-order chi connectivity index (χ0) is 14.4. The van der Waals surface area contributed by atoms with Gasteiger partial charge in [-0.1, -0.05) is 35.0 Å². The van der Waals surface area contributed by atoms with E-state index in [0.29, 0.717) is 5.56 Å². The number of halogens is 1. The second-order valence-corrected chi connectivity index (χ2v) is 5.02. The van der Waals surface area contributed by atoms with Crippen molar-refractivity contribution in [2.45, 2.75) is 13.3 Å². The molecule has 0 bridgehead atoms. The van der Waals surface area contributed by atoms with Crippen molar-refractivity contribution in [3.63, 3.8) is 0 Å². The average molecular weight is 332 g/mol. The third-order valence-corrected chi connectivity index (χ3v) is 3.26. The van der Waals surface area contributed by atoms with E-state index in [-0.39, 0.29) is 5.91 Å². The molecule has 102 valence electrons. The fourth-order valence-electron chi connectivity index (χ4n) is 1.67. The van der Waals surface area contributed by atoms with E-state index in [4.69, 9.17) is 0 Å². The molecule has 1 aromatic heterocycles. The zero-order valence-corrected chi connectivity index (χ0v) is 12.6. The van der Waals surface area contributed by atoms with E-state index < -0.39 is 0 Å². The molecular weight excluding hydrogens is 318 g/mol. The highest BCUT2D eigenvalue weighted by molar-refractivity contribution is 9.10. The van der Waals surface area contributed by atoms with E-state index >= 15 is 0 Å². The number of pyridine rings is 1. The fourth-order valence-corrected chi connectivity index (χ4v) is 1.93. The number of hydrogen-bond acceptors (Lipinski definition) is 3. The summed E-state index contributed by atoms with van der Waals surface area (Å²) in [6, 6.07) is 11.2. The van der Waals surface area contributed by atoms with Gasteiger partial charge in [-0.2, -0.15) is 5.10 Å². The molecule has 0 aliphatic carbocycles. The number of carbonyl (C=O) groups is 1. The van der Waals surface area contributed by atoms with Gasteiger partial charge in [-0.3, -0.25) is 9.78 Å². The lowest BCUT2D eigenvalue weighted by Gasteiger charge is -2.05. The van der Waals surface area contributed by atoms with Crippen molar-refractivity contribution in [3.8, 4) is 0 Å². The highest BCUT2D eigenvalue weighted by Gasteiger charge is 2.05. The second kappa shape index (κ2) is 6.96. The predicted octanol–water partition coefficient (Wildman–Crippen LogP) is 3.39. The van der Waals surface area contributed by atoms with Gasteiger partial charge in [0.2, 0.25) is 0 Å². The lowest BCUT2D eigenvalue weighted by molar-refractivity contribution is 0.0954. The van der Waals surface area contributed by atoms with E-state index in [1.165, 1.54) is 6.20 Å².